The molecule has 0 heterocycles. The molecule has 3 N–H and O–H groups in total. The zero-order valence-electron chi connectivity index (χ0n) is 10.2. The molecule has 3 heteroatoms. The third-order valence-corrected chi connectivity index (χ3v) is 2.70. The highest BCUT2D eigenvalue weighted by Gasteiger charge is 2.12. The second kappa shape index (κ2) is 6.51. The fourth-order valence-electron chi connectivity index (χ4n) is 1.86. The first-order valence-electron chi connectivity index (χ1n) is 5.86. The van der Waals surface area contributed by atoms with Gasteiger partial charge in [-0.25, -0.2) is 0 Å². The largest absolute Gasteiger partial charge is 0.396 e. The lowest BCUT2D eigenvalue weighted by Crippen LogP contribution is -2.33. The van der Waals surface area contributed by atoms with Crippen LogP contribution in [-0.2, 0) is 6.54 Å². The van der Waals surface area contributed by atoms with E-state index in [1.165, 1.54) is 5.69 Å². The van der Waals surface area contributed by atoms with Gasteiger partial charge in [-0.1, -0.05) is 18.2 Å². The molecule has 0 saturated heterocycles. The predicted molar refractivity (Wildman–Crippen MR) is 68.5 cm³/mol. The second-order valence-corrected chi connectivity index (χ2v) is 4.20. The molecule has 0 spiro atoms. The normalized spacial score (nSPS) is 10.8. The van der Waals surface area contributed by atoms with Gasteiger partial charge in [0.05, 0.1) is 0 Å². The van der Waals surface area contributed by atoms with Crippen LogP contribution in [0.2, 0.25) is 0 Å². The number of aliphatic hydroxyl groups excluding tert-OH is 1. The van der Waals surface area contributed by atoms with Crippen LogP contribution in [0.1, 0.15) is 25.8 Å². The molecule has 0 unspecified atom stereocenters. The zero-order chi connectivity index (χ0) is 12.0. The predicted octanol–water partition coefficient (Wildman–Crippen LogP) is 1.74. The summed E-state index contributed by atoms with van der Waals surface area (Å²) >= 11 is 0. The minimum Gasteiger partial charge on any atom is -0.396 e. The molecule has 0 amide bonds. The average Bonchev–Trinajstić information content (AvgIpc) is 2.29. The van der Waals surface area contributed by atoms with Crippen molar-refractivity contribution < 1.29 is 5.11 Å². The van der Waals surface area contributed by atoms with Gasteiger partial charge >= 0.3 is 0 Å². The van der Waals surface area contributed by atoms with Crippen LogP contribution < -0.4 is 10.6 Å². The first kappa shape index (κ1) is 13.0. The zero-order valence-corrected chi connectivity index (χ0v) is 10.2. The number of nitrogens with zero attached hydrogens (tertiary/aromatic N) is 1. The molecule has 0 fully saturated rings. The lowest BCUT2D eigenvalue weighted by Gasteiger charge is -2.30. The van der Waals surface area contributed by atoms with E-state index in [1.54, 1.807) is 0 Å². The Balaban J connectivity index is 2.91. The van der Waals surface area contributed by atoms with Crippen LogP contribution in [0.3, 0.4) is 0 Å². The van der Waals surface area contributed by atoms with E-state index >= 15 is 0 Å². The maximum absolute atomic E-state index is 8.92. The average molecular weight is 222 g/mol. The molecule has 0 aliphatic rings. The Bertz CT molecular complexity index is 313. The number of hydrogen-bond acceptors (Lipinski definition) is 3. The van der Waals surface area contributed by atoms with E-state index in [-0.39, 0.29) is 6.61 Å². The molecule has 1 aromatic carbocycles. The maximum atomic E-state index is 8.92. The molecular formula is C13H22N2O. The van der Waals surface area contributed by atoms with E-state index in [1.807, 2.05) is 12.1 Å². The van der Waals surface area contributed by atoms with Crippen molar-refractivity contribution in [3.63, 3.8) is 0 Å². The fourth-order valence-corrected chi connectivity index (χ4v) is 1.86. The molecule has 0 atom stereocenters. The Hall–Kier alpha value is -1.06. The SMILES string of the molecule is CC(C)N(CCCO)c1ccccc1CN. The van der Waals surface area contributed by atoms with Crippen LogP contribution >= 0.6 is 0 Å². The lowest BCUT2D eigenvalue weighted by molar-refractivity contribution is 0.288. The van der Waals surface area contributed by atoms with Gasteiger partial charge in [-0.3, -0.25) is 0 Å². The van der Waals surface area contributed by atoms with E-state index in [0.717, 1.165) is 18.5 Å². The number of nitrogens with two attached hydrogens (primary N) is 1. The fraction of sp³-hybridized carbons (Fsp3) is 0.538. The Morgan fingerprint density at radius 3 is 2.56 bits per heavy atom. The van der Waals surface area contributed by atoms with Gasteiger partial charge in [-0.15, -0.1) is 0 Å². The van der Waals surface area contributed by atoms with Crippen molar-refractivity contribution in [1.82, 2.24) is 0 Å². The van der Waals surface area contributed by atoms with Gasteiger partial charge in [0.1, 0.15) is 0 Å². The third-order valence-electron chi connectivity index (χ3n) is 2.70. The highest BCUT2D eigenvalue weighted by Crippen LogP contribution is 2.22. The quantitative estimate of drug-likeness (QED) is 0.771. The number of benzene rings is 1. The maximum Gasteiger partial charge on any atom is 0.0447 e. The van der Waals surface area contributed by atoms with E-state index in [2.05, 4.69) is 30.9 Å². The van der Waals surface area contributed by atoms with Gasteiger partial charge in [0, 0.05) is 31.4 Å². The van der Waals surface area contributed by atoms with Gasteiger partial charge in [0.15, 0.2) is 0 Å². The summed E-state index contributed by atoms with van der Waals surface area (Å²) in [5.41, 5.74) is 8.09. The molecule has 3 nitrogen and oxygen atoms in total. The minimum absolute atomic E-state index is 0.230. The van der Waals surface area contributed by atoms with Gasteiger partial charge in [-0.2, -0.15) is 0 Å². The van der Waals surface area contributed by atoms with Crippen molar-refractivity contribution in [3.8, 4) is 0 Å². The molecule has 0 radical (unpaired) electrons. The van der Waals surface area contributed by atoms with Crippen molar-refractivity contribution in [3.05, 3.63) is 29.8 Å². The van der Waals surface area contributed by atoms with Crippen molar-refractivity contribution in [2.24, 2.45) is 5.73 Å². The lowest BCUT2D eigenvalue weighted by atomic mass is 10.1. The van der Waals surface area contributed by atoms with E-state index < -0.39 is 0 Å². The second-order valence-electron chi connectivity index (χ2n) is 4.20. The summed E-state index contributed by atoms with van der Waals surface area (Å²) in [5, 5.41) is 8.92. The first-order chi connectivity index (χ1) is 7.70. The molecule has 0 saturated carbocycles. The summed E-state index contributed by atoms with van der Waals surface area (Å²) in [7, 11) is 0. The van der Waals surface area contributed by atoms with Gasteiger partial charge in [0.25, 0.3) is 0 Å². The van der Waals surface area contributed by atoms with Crippen molar-refractivity contribution in [1.29, 1.82) is 0 Å². The topological polar surface area (TPSA) is 49.5 Å². The molecule has 16 heavy (non-hydrogen) atoms. The Morgan fingerprint density at radius 1 is 1.31 bits per heavy atom. The Labute approximate surface area is 97.9 Å². The summed E-state index contributed by atoms with van der Waals surface area (Å²) in [6.45, 7) is 5.97. The molecule has 0 aromatic heterocycles. The molecule has 90 valence electrons. The number of para-hydroxylation sites is 1. The van der Waals surface area contributed by atoms with E-state index in [4.69, 9.17) is 10.8 Å². The van der Waals surface area contributed by atoms with Crippen LogP contribution in [0, 0.1) is 0 Å². The summed E-state index contributed by atoms with van der Waals surface area (Å²) < 4.78 is 0. The molecular weight excluding hydrogens is 200 g/mol. The minimum atomic E-state index is 0.230. The summed E-state index contributed by atoms with van der Waals surface area (Å²) in [6, 6.07) is 8.61. The number of rotatable bonds is 6. The van der Waals surface area contributed by atoms with Crippen molar-refractivity contribution >= 4 is 5.69 Å². The van der Waals surface area contributed by atoms with Crippen molar-refractivity contribution in [2.75, 3.05) is 18.1 Å². The van der Waals surface area contributed by atoms with Crippen LogP contribution in [0.25, 0.3) is 0 Å². The Morgan fingerprint density at radius 2 is 2.00 bits per heavy atom. The number of aliphatic hydroxyl groups is 1. The van der Waals surface area contributed by atoms with Crippen LogP contribution in [-0.4, -0.2) is 24.3 Å². The van der Waals surface area contributed by atoms with Crippen molar-refractivity contribution in [2.45, 2.75) is 32.9 Å². The molecule has 1 aromatic rings. The van der Waals surface area contributed by atoms with Crippen LogP contribution in [0.5, 0.6) is 0 Å². The molecule has 1 rings (SSSR count). The number of anilines is 1. The molecule has 0 aliphatic carbocycles. The third kappa shape index (κ3) is 3.22. The first-order valence-corrected chi connectivity index (χ1v) is 5.86. The molecule has 0 aliphatic heterocycles. The van der Waals surface area contributed by atoms with Crippen LogP contribution in [0.15, 0.2) is 24.3 Å². The highest BCUT2D eigenvalue weighted by molar-refractivity contribution is 5.54. The molecule has 0 bridgehead atoms. The summed E-state index contributed by atoms with van der Waals surface area (Å²) in [6.07, 6.45) is 0.789. The van der Waals surface area contributed by atoms with E-state index in [9.17, 15) is 0 Å². The van der Waals surface area contributed by atoms with Gasteiger partial charge < -0.3 is 15.7 Å². The van der Waals surface area contributed by atoms with Crippen LogP contribution in [0.4, 0.5) is 5.69 Å². The smallest absolute Gasteiger partial charge is 0.0447 e. The Kier molecular flexibility index (Phi) is 5.29. The monoisotopic (exact) mass is 222 g/mol. The van der Waals surface area contributed by atoms with Gasteiger partial charge in [0.2, 0.25) is 0 Å². The van der Waals surface area contributed by atoms with E-state index in [0.29, 0.717) is 12.6 Å². The summed E-state index contributed by atoms with van der Waals surface area (Å²) in [5.74, 6) is 0. The standard InChI is InChI=1S/C13H22N2O/c1-11(2)15(8-5-9-16)13-7-4-3-6-12(13)10-14/h3-4,6-7,11,16H,5,8-10,14H2,1-2H3. The highest BCUT2D eigenvalue weighted by atomic mass is 16.3. The van der Waals surface area contributed by atoms with Gasteiger partial charge in [-0.05, 0) is 31.9 Å². The summed E-state index contributed by atoms with van der Waals surface area (Å²) in [4.78, 5) is 2.29. The number of hydrogen-bond donors (Lipinski definition) is 2.